The van der Waals surface area contributed by atoms with Crippen LogP contribution in [0, 0.1) is 11.6 Å². The summed E-state index contributed by atoms with van der Waals surface area (Å²) in [6.45, 7) is 3.25. The first-order chi connectivity index (χ1) is 6.38. The molecule has 0 amide bonds. The average molecular weight is 201 g/mol. The van der Waals surface area contributed by atoms with Crippen molar-refractivity contribution in [3.63, 3.8) is 0 Å². The van der Waals surface area contributed by atoms with Gasteiger partial charge < -0.3 is 10.8 Å². The summed E-state index contributed by atoms with van der Waals surface area (Å²) in [6.07, 6.45) is 0.377. The van der Waals surface area contributed by atoms with Gasteiger partial charge in [-0.15, -0.1) is 0 Å². The van der Waals surface area contributed by atoms with E-state index in [9.17, 15) is 13.9 Å². The molecule has 0 radical (unpaired) electrons. The van der Waals surface area contributed by atoms with Crippen LogP contribution in [0.5, 0.6) is 0 Å². The second kappa shape index (κ2) is 3.53. The van der Waals surface area contributed by atoms with Crippen molar-refractivity contribution in [3.05, 3.63) is 29.3 Å². The maximum atomic E-state index is 12.9. The van der Waals surface area contributed by atoms with Gasteiger partial charge in [0, 0.05) is 17.3 Å². The van der Waals surface area contributed by atoms with E-state index < -0.39 is 17.2 Å². The third-order valence-electron chi connectivity index (χ3n) is 2.36. The molecule has 14 heavy (non-hydrogen) atoms. The maximum Gasteiger partial charge on any atom is 0.160 e. The van der Waals surface area contributed by atoms with Crippen LogP contribution in [0.15, 0.2) is 12.1 Å². The van der Waals surface area contributed by atoms with Crippen LogP contribution in [0.4, 0.5) is 14.5 Å². The van der Waals surface area contributed by atoms with E-state index in [1.54, 1.807) is 6.92 Å². The summed E-state index contributed by atoms with van der Waals surface area (Å²) in [5.74, 6) is -2.00. The van der Waals surface area contributed by atoms with Crippen molar-refractivity contribution in [2.75, 3.05) is 5.73 Å². The quantitative estimate of drug-likeness (QED) is 0.720. The lowest BCUT2D eigenvalue weighted by Crippen LogP contribution is -2.22. The number of nitrogens with two attached hydrogens (primary N) is 1. The highest BCUT2D eigenvalue weighted by atomic mass is 19.2. The predicted molar refractivity (Wildman–Crippen MR) is 50.6 cm³/mol. The van der Waals surface area contributed by atoms with E-state index in [1.165, 1.54) is 6.92 Å². The van der Waals surface area contributed by atoms with Crippen molar-refractivity contribution in [1.82, 2.24) is 0 Å². The first-order valence-corrected chi connectivity index (χ1v) is 4.36. The molecular weight excluding hydrogens is 188 g/mol. The smallest absolute Gasteiger partial charge is 0.160 e. The summed E-state index contributed by atoms with van der Waals surface area (Å²) in [4.78, 5) is 0. The molecule has 2 nitrogen and oxygen atoms in total. The van der Waals surface area contributed by atoms with E-state index in [4.69, 9.17) is 5.73 Å². The molecule has 0 bridgehead atoms. The molecule has 0 aliphatic heterocycles. The summed E-state index contributed by atoms with van der Waals surface area (Å²) in [5.41, 5.74) is 4.55. The minimum absolute atomic E-state index is 0.0655. The molecule has 1 unspecified atom stereocenters. The van der Waals surface area contributed by atoms with Crippen molar-refractivity contribution >= 4 is 5.69 Å². The van der Waals surface area contributed by atoms with E-state index in [2.05, 4.69) is 0 Å². The highest BCUT2D eigenvalue weighted by molar-refractivity contribution is 5.50. The minimum Gasteiger partial charge on any atom is -0.398 e. The Hall–Kier alpha value is -1.16. The normalized spacial score (nSPS) is 15.2. The van der Waals surface area contributed by atoms with Gasteiger partial charge >= 0.3 is 0 Å². The fourth-order valence-electron chi connectivity index (χ4n) is 1.22. The van der Waals surface area contributed by atoms with Gasteiger partial charge in [0.25, 0.3) is 0 Å². The van der Waals surface area contributed by atoms with E-state index in [1.807, 2.05) is 0 Å². The molecule has 0 aromatic heterocycles. The van der Waals surface area contributed by atoms with E-state index in [-0.39, 0.29) is 11.3 Å². The van der Waals surface area contributed by atoms with Crippen LogP contribution in [0.2, 0.25) is 0 Å². The van der Waals surface area contributed by atoms with Crippen molar-refractivity contribution in [2.45, 2.75) is 25.9 Å². The van der Waals surface area contributed by atoms with Crippen LogP contribution < -0.4 is 5.73 Å². The zero-order chi connectivity index (χ0) is 10.9. The summed E-state index contributed by atoms with van der Waals surface area (Å²) >= 11 is 0. The lowest BCUT2D eigenvalue weighted by molar-refractivity contribution is 0.0534. The van der Waals surface area contributed by atoms with E-state index in [0.717, 1.165) is 12.1 Å². The standard InChI is InChI=1S/C10H13F2NO/c1-3-10(2,14)6-4-7(11)8(12)5-9(6)13/h4-5,14H,3,13H2,1-2H3. The Morgan fingerprint density at radius 2 is 1.86 bits per heavy atom. The fraction of sp³-hybridized carbons (Fsp3) is 0.400. The largest absolute Gasteiger partial charge is 0.398 e. The third-order valence-corrected chi connectivity index (χ3v) is 2.36. The van der Waals surface area contributed by atoms with Gasteiger partial charge in [-0.05, 0) is 19.4 Å². The van der Waals surface area contributed by atoms with Gasteiger partial charge in [0.1, 0.15) is 0 Å². The van der Waals surface area contributed by atoms with Gasteiger partial charge in [0.05, 0.1) is 5.60 Å². The predicted octanol–water partition coefficient (Wildman–Crippen LogP) is 2.16. The van der Waals surface area contributed by atoms with Crippen LogP contribution >= 0.6 is 0 Å². The third kappa shape index (κ3) is 1.85. The molecular formula is C10H13F2NO. The van der Waals surface area contributed by atoms with Gasteiger partial charge in [-0.25, -0.2) is 8.78 Å². The molecule has 0 aliphatic rings. The Labute approximate surface area is 81.4 Å². The molecule has 1 aromatic rings. The number of halogens is 2. The minimum atomic E-state index is -1.22. The number of hydrogen-bond acceptors (Lipinski definition) is 2. The lowest BCUT2D eigenvalue weighted by atomic mass is 9.92. The lowest BCUT2D eigenvalue weighted by Gasteiger charge is -2.23. The van der Waals surface area contributed by atoms with Gasteiger partial charge in [0.2, 0.25) is 0 Å². The molecule has 0 fully saturated rings. The Balaban J connectivity index is 3.29. The van der Waals surface area contributed by atoms with Crippen LogP contribution in [0.25, 0.3) is 0 Å². The molecule has 0 heterocycles. The zero-order valence-corrected chi connectivity index (χ0v) is 8.14. The molecule has 0 aliphatic carbocycles. The number of rotatable bonds is 2. The second-order valence-corrected chi connectivity index (χ2v) is 3.48. The monoisotopic (exact) mass is 201 g/mol. The van der Waals surface area contributed by atoms with Gasteiger partial charge in [-0.1, -0.05) is 6.92 Å². The molecule has 1 atom stereocenters. The summed E-state index contributed by atoms with van der Waals surface area (Å²) in [7, 11) is 0. The first kappa shape index (κ1) is 10.9. The number of anilines is 1. The summed E-state index contributed by atoms with van der Waals surface area (Å²) in [5, 5.41) is 9.82. The number of hydrogen-bond donors (Lipinski definition) is 2. The Bertz CT molecular complexity index is 350. The van der Waals surface area contributed by atoms with Crippen LogP contribution in [-0.4, -0.2) is 5.11 Å². The molecule has 0 saturated carbocycles. The van der Waals surface area contributed by atoms with Crippen LogP contribution in [0.1, 0.15) is 25.8 Å². The van der Waals surface area contributed by atoms with E-state index in [0.29, 0.717) is 6.42 Å². The molecule has 3 N–H and O–H groups in total. The topological polar surface area (TPSA) is 46.2 Å². The highest BCUT2D eigenvalue weighted by Gasteiger charge is 2.24. The number of nitrogen functional groups attached to an aromatic ring is 1. The van der Waals surface area contributed by atoms with Gasteiger partial charge in [-0.3, -0.25) is 0 Å². The van der Waals surface area contributed by atoms with Crippen molar-refractivity contribution in [3.8, 4) is 0 Å². The SMILES string of the molecule is CCC(C)(O)c1cc(F)c(F)cc1N. The highest BCUT2D eigenvalue weighted by Crippen LogP contribution is 2.30. The zero-order valence-electron chi connectivity index (χ0n) is 8.14. The molecule has 78 valence electrons. The second-order valence-electron chi connectivity index (χ2n) is 3.48. The molecule has 1 rings (SSSR count). The number of aliphatic hydroxyl groups is 1. The first-order valence-electron chi connectivity index (χ1n) is 4.36. The van der Waals surface area contributed by atoms with Gasteiger partial charge in [-0.2, -0.15) is 0 Å². The Morgan fingerprint density at radius 3 is 2.36 bits per heavy atom. The van der Waals surface area contributed by atoms with Gasteiger partial charge in [0.15, 0.2) is 11.6 Å². The summed E-state index contributed by atoms with van der Waals surface area (Å²) in [6, 6.07) is 1.82. The molecule has 0 saturated heterocycles. The Morgan fingerprint density at radius 1 is 1.36 bits per heavy atom. The molecule has 0 spiro atoms. The molecule has 1 aromatic carbocycles. The van der Waals surface area contributed by atoms with E-state index >= 15 is 0 Å². The van der Waals surface area contributed by atoms with Crippen molar-refractivity contribution in [1.29, 1.82) is 0 Å². The van der Waals surface area contributed by atoms with Crippen LogP contribution in [0.3, 0.4) is 0 Å². The van der Waals surface area contributed by atoms with Crippen LogP contribution in [-0.2, 0) is 5.60 Å². The average Bonchev–Trinajstić information content (AvgIpc) is 2.11. The summed E-state index contributed by atoms with van der Waals surface area (Å²) < 4.78 is 25.6. The Kier molecular flexibility index (Phi) is 2.76. The maximum absolute atomic E-state index is 12.9. The van der Waals surface area contributed by atoms with Crippen molar-refractivity contribution in [2.24, 2.45) is 0 Å². The van der Waals surface area contributed by atoms with Crippen molar-refractivity contribution < 1.29 is 13.9 Å². The number of benzene rings is 1. The molecule has 4 heteroatoms. The fourth-order valence-corrected chi connectivity index (χ4v) is 1.22.